The van der Waals surface area contributed by atoms with Crippen LogP contribution in [0.4, 0.5) is 4.79 Å². The van der Waals surface area contributed by atoms with Gasteiger partial charge >= 0.3 is 12.0 Å². The lowest BCUT2D eigenvalue weighted by Crippen LogP contribution is -2.58. The minimum atomic E-state index is -1.02. The van der Waals surface area contributed by atoms with Gasteiger partial charge in [0.25, 0.3) is 0 Å². The van der Waals surface area contributed by atoms with Crippen LogP contribution < -0.4 is 16.8 Å². The number of carboxylic acid groups (broad SMARTS) is 1. The molecule has 0 fully saturated rings. The lowest BCUT2D eigenvalue weighted by Gasteiger charge is -2.36. The Morgan fingerprint density at radius 3 is 2.55 bits per heavy atom. The molecule has 114 valence electrons. The van der Waals surface area contributed by atoms with Gasteiger partial charge in [-0.15, -0.1) is 0 Å². The first-order valence-electron chi connectivity index (χ1n) is 6.80. The van der Waals surface area contributed by atoms with E-state index in [1.807, 2.05) is 13.8 Å². The van der Waals surface area contributed by atoms with E-state index >= 15 is 0 Å². The molecule has 2 amide bonds. The molecule has 1 rings (SSSR count). The molecule has 0 radical (unpaired) electrons. The number of primary amides is 1. The average Bonchev–Trinajstić information content (AvgIpc) is 2.38. The van der Waals surface area contributed by atoms with Crippen molar-refractivity contribution in [3.8, 4) is 0 Å². The Balaban J connectivity index is 2.96. The number of amides is 2. The fourth-order valence-electron chi connectivity index (χ4n) is 2.33. The molecule has 0 aromatic carbocycles. The Kier molecular flexibility index (Phi) is 5.97. The third-order valence-corrected chi connectivity index (χ3v) is 3.48. The first kappa shape index (κ1) is 16.5. The molecule has 0 aromatic heterocycles. The number of carbonyl (C=O) groups is 2. The van der Waals surface area contributed by atoms with E-state index in [1.54, 1.807) is 0 Å². The molecule has 1 aliphatic carbocycles. The summed E-state index contributed by atoms with van der Waals surface area (Å²) in [6.07, 6.45) is 2.67. The van der Waals surface area contributed by atoms with Crippen molar-refractivity contribution in [1.29, 1.82) is 0 Å². The van der Waals surface area contributed by atoms with Gasteiger partial charge in [-0.25, -0.2) is 9.59 Å². The van der Waals surface area contributed by atoms with Crippen molar-refractivity contribution in [3.63, 3.8) is 0 Å². The summed E-state index contributed by atoms with van der Waals surface area (Å²) in [6, 6.07) is -1.76. The summed E-state index contributed by atoms with van der Waals surface area (Å²) in [5.74, 6) is -1.02. The summed E-state index contributed by atoms with van der Waals surface area (Å²) in [6.45, 7) is 3.96. The van der Waals surface area contributed by atoms with Crippen molar-refractivity contribution in [2.75, 3.05) is 0 Å². The molecule has 20 heavy (non-hydrogen) atoms. The highest BCUT2D eigenvalue weighted by Gasteiger charge is 2.35. The first-order chi connectivity index (χ1) is 9.38. The number of rotatable bonds is 6. The van der Waals surface area contributed by atoms with Crippen LogP contribution in [0.3, 0.4) is 0 Å². The van der Waals surface area contributed by atoms with Crippen LogP contribution in [0.1, 0.15) is 33.1 Å². The van der Waals surface area contributed by atoms with Gasteiger partial charge in [0.2, 0.25) is 0 Å². The third-order valence-electron chi connectivity index (χ3n) is 3.48. The molecule has 7 nitrogen and oxygen atoms in total. The fourth-order valence-corrected chi connectivity index (χ4v) is 2.33. The van der Waals surface area contributed by atoms with Gasteiger partial charge in [-0.2, -0.15) is 0 Å². The molecule has 0 heterocycles. The largest absolute Gasteiger partial charge is 0.478 e. The van der Waals surface area contributed by atoms with E-state index in [9.17, 15) is 9.59 Å². The van der Waals surface area contributed by atoms with Crippen LogP contribution in [0, 0.1) is 0 Å². The number of nitrogens with one attached hydrogen (secondary N) is 1. The Morgan fingerprint density at radius 1 is 1.50 bits per heavy atom. The highest BCUT2D eigenvalue weighted by molar-refractivity contribution is 5.87. The highest BCUT2D eigenvalue weighted by atomic mass is 16.5. The van der Waals surface area contributed by atoms with Crippen LogP contribution in [0.2, 0.25) is 0 Å². The predicted octanol–water partition coefficient (Wildman–Crippen LogP) is 0.339. The van der Waals surface area contributed by atoms with Crippen LogP contribution in [0.5, 0.6) is 0 Å². The number of carbonyl (C=O) groups excluding carboxylic acids is 1. The van der Waals surface area contributed by atoms with Crippen LogP contribution in [-0.4, -0.2) is 41.4 Å². The van der Waals surface area contributed by atoms with E-state index in [1.165, 1.54) is 6.08 Å². The van der Waals surface area contributed by atoms with E-state index in [2.05, 4.69) is 5.32 Å². The normalized spacial score (nSPS) is 26.2. The summed E-state index contributed by atoms with van der Waals surface area (Å²) in [5.41, 5.74) is 11.3. The van der Waals surface area contributed by atoms with Gasteiger partial charge in [-0.1, -0.05) is 13.8 Å². The molecule has 0 aliphatic heterocycles. The van der Waals surface area contributed by atoms with Gasteiger partial charge in [-0.3, -0.25) is 0 Å². The molecule has 0 saturated heterocycles. The zero-order valence-electron chi connectivity index (χ0n) is 11.8. The fraction of sp³-hybridized carbons (Fsp3) is 0.692. The van der Waals surface area contributed by atoms with Crippen molar-refractivity contribution in [1.82, 2.24) is 5.32 Å². The van der Waals surface area contributed by atoms with Crippen molar-refractivity contribution in [3.05, 3.63) is 11.6 Å². The number of ether oxygens (including phenoxy) is 1. The van der Waals surface area contributed by atoms with Gasteiger partial charge in [0.15, 0.2) is 0 Å². The van der Waals surface area contributed by atoms with E-state index in [4.69, 9.17) is 21.3 Å². The van der Waals surface area contributed by atoms with Crippen LogP contribution in [0.15, 0.2) is 11.6 Å². The standard InChI is InChI=1S/C13H23N3O4/c1-3-8(4-2)20-10-6-7(12(17)18)5-9(14)11(10)16-13(15)19/h6,8-11H,3-5,14H2,1-2H3,(H,17,18)(H3,15,16,19). The second-order valence-electron chi connectivity index (χ2n) is 4.94. The van der Waals surface area contributed by atoms with Crippen LogP contribution in [0.25, 0.3) is 0 Å². The zero-order chi connectivity index (χ0) is 15.3. The second kappa shape index (κ2) is 7.25. The summed E-state index contributed by atoms with van der Waals surface area (Å²) in [5, 5.41) is 11.6. The monoisotopic (exact) mass is 285 g/mol. The van der Waals surface area contributed by atoms with Crippen molar-refractivity contribution in [2.45, 2.75) is 57.4 Å². The lowest BCUT2D eigenvalue weighted by molar-refractivity contribution is -0.133. The average molecular weight is 285 g/mol. The molecule has 0 aromatic rings. The first-order valence-corrected chi connectivity index (χ1v) is 6.80. The third kappa shape index (κ3) is 4.21. The molecular formula is C13H23N3O4. The Bertz CT molecular complexity index is 393. The number of urea groups is 1. The maximum absolute atomic E-state index is 11.1. The SMILES string of the molecule is CCC(CC)OC1C=C(C(=O)O)CC(N)C1NC(N)=O. The van der Waals surface area contributed by atoms with Gasteiger partial charge in [-0.05, 0) is 25.3 Å². The maximum atomic E-state index is 11.1. The second-order valence-corrected chi connectivity index (χ2v) is 4.94. The number of nitrogens with two attached hydrogens (primary N) is 2. The number of hydrogen-bond donors (Lipinski definition) is 4. The number of carboxylic acids is 1. The molecule has 6 N–H and O–H groups in total. The van der Waals surface area contributed by atoms with E-state index in [0.29, 0.717) is 0 Å². The molecule has 1 aliphatic rings. The Morgan fingerprint density at radius 2 is 2.10 bits per heavy atom. The minimum Gasteiger partial charge on any atom is -0.478 e. The molecule has 3 atom stereocenters. The summed E-state index contributed by atoms with van der Waals surface area (Å²) < 4.78 is 5.86. The van der Waals surface area contributed by atoms with Crippen LogP contribution >= 0.6 is 0 Å². The topological polar surface area (TPSA) is 128 Å². The molecule has 0 spiro atoms. The molecular weight excluding hydrogens is 262 g/mol. The quantitative estimate of drug-likeness (QED) is 0.559. The summed E-state index contributed by atoms with van der Waals surface area (Å²) >= 11 is 0. The molecule has 7 heteroatoms. The zero-order valence-corrected chi connectivity index (χ0v) is 11.8. The maximum Gasteiger partial charge on any atom is 0.331 e. The Hall–Kier alpha value is -1.60. The van der Waals surface area contributed by atoms with Gasteiger partial charge < -0.3 is 26.6 Å². The molecule has 0 bridgehead atoms. The lowest BCUT2D eigenvalue weighted by atomic mass is 9.88. The van der Waals surface area contributed by atoms with E-state index in [-0.39, 0.29) is 18.1 Å². The minimum absolute atomic E-state index is 0.0197. The van der Waals surface area contributed by atoms with Gasteiger partial charge in [0, 0.05) is 11.6 Å². The smallest absolute Gasteiger partial charge is 0.331 e. The molecule has 3 unspecified atom stereocenters. The highest BCUT2D eigenvalue weighted by Crippen LogP contribution is 2.23. The molecule has 0 saturated carbocycles. The van der Waals surface area contributed by atoms with Crippen molar-refractivity contribution < 1.29 is 19.4 Å². The number of aliphatic carboxylic acids is 1. The van der Waals surface area contributed by atoms with Crippen molar-refractivity contribution in [2.24, 2.45) is 11.5 Å². The van der Waals surface area contributed by atoms with Crippen LogP contribution in [-0.2, 0) is 9.53 Å². The predicted molar refractivity (Wildman–Crippen MR) is 74.1 cm³/mol. The van der Waals surface area contributed by atoms with E-state index < -0.39 is 30.2 Å². The summed E-state index contributed by atoms with van der Waals surface area (Å²) in [7, 11) is 0. The van der Waals surface area contributed by atoms with Gasteiger partial charge in [0.1, 0.15) is 0 Å². The Labute approximate surface area is 118 Å². The van der Waals surface area contributed by atoms with Gasteiger partial charge in [0.05, 0.1) is 18.2 Å². The number of hydrogen-bond acceptors (Lipinski definition) is 4. The van der Waals surface area contributed by atoms with Crippen molar-refractivity contribution >= 4 is 12.0 Å². The summed E-state index contributed by atoms with van der Waals surface area (Å²) in [4.78, 5) is 22.2. The van der Waals surface area contributed by atoms with E-state index in [0.717, 1.165) is 12.8 Å².